The van der Waals surface area contributed by atoms with Gasteiger partial charge < -0.3 is 10.5 Å². The summed E-state index contributed by atoms with van der Waals surface area (Å²) in [7, 11) is -3.49. The van der Waals surface area contributed by atoms with E-state index < -0.39 is 10.0 Å². The molecule has 7 heteroatoms. The van der Waals surface area contributed by atoms with Crippen molar-refractivity contribution in [1.29, 1.82) is 0 Å². The summed E-state index contributed by atoms with van der Waals surface area (Å²) in [6, 6.07) is 7.01. The molecule has 0 amide bonds. The van der Waals surface area contributed by atoms with Gasteiger partial charge in [-0.1, -0.05) is 6.07 Å². The van der Waals surface area contributed by atoms with Crippen LogP contribution in [0.5, 0.6) is 0 Å². The summed E-state index contributed by atoms with van der Waals surface area (Å²) in [6.45, 7) is 5.66. The van der Waals surface area contributed by atoms with Crippen molar-refractivity contribution in [3.63, 3.8) is 0 Å². The number of rotatable bonds is 3. The molecule has 128 valence electrons. The fraction of sp³-hybridized carbons (Fsp3) is 0.625. The average molecular weight is 339 g/mol. The van der Waals surface area contributed by atoms with Crippen LogP contribution in [0, 0.1) is 0 Å². The normalized spacial score (nSPS) is 25.5. The van der Waals surface area contributed by atoms with Crippen molar-refractivity contribution >= 4 is 15.7 Å². The minimum atomic E-state index is -3.49. The Labute approximate surface area is 138 Å². The number of nitrogens with zero attached hydrogens (tertiary/aromatic N) is 2. The first-order chi connectivity index (χ1) is 11.0. The van der Waals surface area contributed by atoms with E-state index in [2.05, 4.69) is 4.90 Å². The van der Waals surface area contributed by atoms with Gasteiger partial charge in [0.05, 0.1) is 4.90 Å². The molecule has 1 aromatic carbocycles. The fourth-order valence-electron chi connectivity index (χ4n) is 3.52. The third-order valence-electron chi connectivity index (χ3n) is 4.77. The molecule has 2 saturated heterocycles. The molecule has 2 heterocycles. The van der Waals surface area contributed by atoms with Crippen LogP contribution in [0.4, 0.5) is 5.69 Å². The van der Waals surface area contributed by atoms with Crippen molar-refractivity contribution in [2.75, 3.05) is 38.6 Å². The average Bonchev–Trinajstić information content (AvgIpc) is 2.55. The molecule has 0 aliphatic carbocycles. The summed E-state index contributed by atoms with van der Waals surface area (Å²) in [5.41, 5.74) is 6.21. The molecule has 23 heavy (non-hydrogen) atoms. The van der Waals surface area contributed by atoms with Gasteiger partial charge in [0, 0.05) is 50.6 Å². The molecule has 0 radical (unpaired) electrons. The van der Waals surface area contributed by atoms with E-state index in [1.807, 2.05) is 6.92 Å². The first-order valence-corrected chi connectivity index (χ1v) is 9.61. The second-order valence-electron chi connectivity index (χ2n) is 6.38. The maximum atomic E-state index is 12.9. The van der Waals surface area contributed by atoms with Gasteiger partial charge in [0.2, 0.25) is 10.0 Å². The van der Waals surface area contributed by atoms with Crippen molar-refractivity contribution in [3.05, 3.63) is 24.3 Å². The first kappa shape index (κ1) is 16.7. The number of sulfonamides is 1. The summed E-state index contributed by atoms with van der Waals surface area (Å²) in [5, 5.41) is 0. The highest BCUT2D eigenvalue weighted by Gasteiger charge is 2.36. The molecule has 0 spiro atoms. The van der Waals surface area contributed by atoms with E-state index >= 15 is 0 Å². The Morgan fingerprint density at radius 3 is 2.61 bits per heavy atom. The quantitative estimate of drug-likeness (QED) is 0.836. The number of piperazine rings is 1. The molecule has 3 rings (SSSR count). The van der Waals surface area contributed by atoms with Crippen molar-refractivity contribution in [2.45, 2.75) is 36.7 Å². The number of benzene rings is 1. The largest absolute Gasteiger partial charge is 0.399 e. The van der Waals surface area contributed by atoms with E-state index in [-0.39, 0.29) is 10.9 Å². The lowest BCUT2D eigenvalue weighted by Gasteiger charge is -2.43. The lowest BCUT2D eigenvalue weighted by molar-refractivity contribution is 0.0137. The van der Waals surface area contributed by atoms with Crippen LogP contribution in [0.2, 0.25) is 0 Å². The Kier molecular flexibility index (Phi) is 4.91. The van der Waals surface area contributed by atoms with Crippen LogP contribution < -0.4 is 5.73 Å². The molecular weight excluding hydrogens is 314 g/mol. The van der Waals surface area contributed by atoms with Crippen molar-refractivity contribution in [2.24, 2.45) is 0 Å². The highest BCUT2D eigenvalue weighted by Crippen LogP contribution is 2.25. The Morgan fingerprint density at radius 1 is 1.22 bits per heavy atom. The van der Waals surface area contributed by atoms with E-state index in [0.717, 1.165) is 39.1 Å². The van der Waals surface area contributed by atoms with Crippen LogP contribution in [0.25, 0.3) is 0 Å². The molecule has 1 aromatic rings. The lowest BCUT2D eigenvalue weighted by Crippen LogP contribution is -2.57. The second-order valence-corrected chi connectivity index (χ2v) is 8.27. The zero-order chi connectivity index (χ0) is 16.4. The van der Waals surface area contributed by atoms with Gasteiger partial charge in [-0.3, -0.25) is 4.90 Å². The zero-order valence-corrected chi connectivity index (χ0v) is 14.3. The minimum Gasteiger partial charge on any atom is -0.399 e. The Morgan fingerprint density at radius 2 is 1.96 bits per heavy atom. The van der Waals surface area contributed by atoms with E-state index in [1.165, 1.54) is 6.07 Å². The predicted molar refractivity (Wildman–Crippen MR) is 89.6 cm³/mol. The SMILES string of the molecule is C[C@H]1CN(C2CCOCC2)CCN1S(=O)(=O)c1cccc(N)c1. The minimum absolute atomic E-state index is 0.0435. The van der Waals surface area contributed by atoms with Gasteiger partial charge in [-0.25, -0.2) is 8.42 Å². The predicted octanol–water partition coefficient (Wildman–Crippen LogP) is 1.14. The number of nitrogen functional groups attached to an aromatic ring is 1. The summed E-state index contributed by atoms with van der Waals surface area (Å²) in [4.78, 5) is 2.70. The third kappa shape index (κ3) is 3.52. The Bertz CT molecular complexity index is 644. The van der Waals surface area contributed by atoms with Gasteiger partial charge in [0.25, 0.3) is 0 Å². The molecule has 0 aromatic heterocycles. The zero-order valence-electron chi connectivity index (χ0n) is 13.5. The van der Waals surface area contributed by atoms with E-state index in [0.29, 0.717) is 18.3 Å². The van der Waals surface area contributed by atoms with Gasteiger partial charge >= 0.3 is 0 Å². The molecule has 6 nitrogen and oxygen atoms in total. The number of hydrogen-bond acceptors (Lipinski definition) is 5. The topological polar surface area (TPSA) is 75.9 Å². The van der Waals surface area contributed by atoms with Crippen molar-refractivity contribution < 1.29 is 13.2 Å². The van der Waals surface area contributed by atoms with E-state index in [1.54, 1.807) is 22.5 Å². The number of nitrogens with two attached hydrogens (primary N) is 1. The van der Waals surface area contributed by atoms with Crippen LogP contribution in [0.3, 0.4) is 0 Å². The number of hydrogen-bond donors (Lipinski definition) is 1. The maximum Gasteiger partial charge on any atom is 0.243 e. The van der Waals surface area contributed by atoms with Gasteiger partial charge in [-0.05, 0) is 38.0 Å². The summed E-state index contributed by atoms with van der Waals surface area (Å²) in [5.74, 6) is 0. The Balaban J connectivity index is 1.72. The highest BCUT2D eigenvalue weighted by molar-refractivity contribution is 7.89. The summed E-state index contributed by atoms with van der Waals surface area (Å²) >= 11 is 0. The molecule has 1 atom stereocenters. The summed E-state index contributed by atoms with van der Waals surface area (Å²) in [6.07, 6.45) is 2.07. The molecule has 0 bridgehead atoms. The van der Waals surface area contributed by atoms with Gasteiger partial charge in [0.1, 0.15) is 0 Å². The van der Waals surface area contributed by atoms with Crippen LogP contribution >= 0.6 is 0 Å². The van der Waals surface area contributed by atoms with Crippen LogP contribution in [-0.4, -0.2) is 62.6 Å². The molecule has 0 unspecified atom stereocenters. The lowest BCUT2D eigenvalue weighted by atomic mass is 10.1. The van der Waals surface area contributed by atoms with Gasteiger partial charge in [-0.2, -0.15) is 4.31 Å². The summed E-state index contributed by atoms with van der Waals surface area (Å²) < 4.78 is 32.8. The molecule has 2 aliphatic rings. The second kappa shape index (κ2) is 6.76. The van der Waals surface area contributed by atoms with E-state index in [9.17, 15) is 8.42 Å². The first-order valence-electron chi connectivity index (χ1n) is 8.17. The van der Waals surface area contributed by atoms with Crippen LogP contribution in [0.1, 0.15) is 19.8 Å². The fourth-order valence-corrected chi connectivity index (χ4v) is 5.19. The van der Waals surface area contributed by atoms with E-state index in [4.69, 9.17) is 10.5 Å². The highest BCUT2D eigenvalue weighted by atomic mass is 32.2. The van der Waals surface area contributed by atoms with Crippen LogP contribution in [0.15, 0.2) is 29.2 Å². The standard InChI is InChI=1S/C16H25N3O3S/c1-13-12-18(15-5-9-22-10-6-15)7-8-19(13)23(20,21)16-4-2-3-14(17)11-16/h2-4,11,13,15H,5-10,12,17H2,1H3/t13-/m0/s1. The monoisotopic (exact) mass is 339 g/mol. The number of ether oxygens (including phenoxy) is 1. The molecule has 2 fully saturated rings. The van der Waals surface area contributed by atoms with Gasteiger partial charge in [-0.15, -0.1) is 0 Å². The molecule has 2 aliphatic heterocycles. The molecular formula is C16H25N3O3S. The molecule has 2 N–H and O–H groups in total. The maximum absolute atomic E-state index is 12.9. The van der Waals surface area contributed by atoms with Crippen LogP contribution in [-0.2, 0) is 14.8 Å². The smallest absolute Gasteiger partial charge is 0.243 e. The van der Waals surface area contributed by atoms with Crippen molar-refractivity contribution in [3.8, 4) is 0 Å². The Hall–Kier alpha value is -1.15. The third-order valence-corrected chi connectivity index (χ3v) is 6.78. The van der Waals surface area contributed by atoms with Gasteiger partial charge in [0.15, 0.2) is 0 Å². The molecule has 0 saturated carbocycles. The number of anilines is 1. The van der Waals surface area contributed by atoms with Crippen molar-refractivity contribution in [1.82, 2.24) is 9.21 Å².